The Labute approximate surface area is 210 Å². The van der Waals surface area contributed by atoms with Crippen LogP contribution < -0.4 is 16.6 Å². The Kier molecular flexibility index (Phi) is 6.99. The van der Waals surface area contributed by atoms with Gasteiger partial charge >= 0.3 is 5.69 Å². The van der Waals surface area contributed by atoms with Gasteiger partial charge in [0, 0.05) is 37.3 Å². The molecule has 0 bridgehead atoms. The van der Waals surface area contributed by atoms with Gasteiger partial charge < -0.3 is 10.2 Å². The Morgan fingerprint density at radius 2 is 1.83 bits per heavy atom. The van der Waals surface area contributed by atoms with E-state index >= 15 is 0 Å². The molecule has 1 unspecified atom stereocenters. The van der Waals surface area contributed by atoms with Crippen molar-refractivity contribution in [3.05, 3.63) is 38.2 Å². The highest BCUT2D eigenvalue weighted by Crippen LogP contribution is 2.40. The van der Waals surface area contributed by atoms with Gasteiger partial charge in [-0.25, -0.2) is 9.78 Å². The number of aromatic amines is 1. The van der Waals surface area contributed by atoms with Crippen molar-refractivity contribution in [1.29, 1.82) is 0 Å². The number of hydrogen-bond acceptors (Lipinski definition) is 5. The van der Waals surface area contributed by atoms with Crippen LogP contribution in [0.15, 0.2) is 15.7 Å². The molecule has 2 aromatic heterocycles. The van der Waals surface area contributed by atoms with Crippen LogP contribution in [0.4, 0.5) is 0 Å². The fraction of sp³-hybridized carbons (Fsp3) is 0.667. The maximum Gasteiger partial charge on any atom is 0.330 e. The van der Waals surface area contributed by atoms with E-state index in [1.54, 1.807) is 11.0 Å². The number of piperidine rings is 1. The molecule has 1 atom stereocenters. The number of aromatic nitrogens is 3. The Balaban J connectivity index is 1.47. The van der Waals surface area contributed by atoms with Crippen molar-refractivity contribution in [3.63, 3.8) is 0 Å². The highest BCUT2D eigenvalue weighted by molar-refractivity contribution is 6.05. The quantitative estimate of drug-likeness (QED) is 0.639. The summed E-state index contributed by atoms with van der Waals surface area (Å²) in [6.45, 7) is 5.26. The van der Waals surface area contributed by atoms with E-state index in [2.05, 4.69) is 10.3 Å². The average molecular weight is 496 g/mol. The van der Waals surface area contributed by atoms with Gasteiger partial charge in [0.1, 0.15) is 0 Å². The van der Waals surface area contributed by atoms with Crippen LogP contribution >= 0.6 is 0 Å². The van der Waals surface area contributed by atoms with Crippen LogP contribution in [0.3, 0.4) is 0 Å². The third-order valence-electron chi connectivity index (χ3n) is 7.77. The Hall–Kier alpha value is -2.97. The second-order valence-electron chi connectivity index (χ2n) is 11.3. The number of fused-ring (bicyclic) bond motifs is 1. The highest BCUT2D eigenvalue weighted by atomic mass is 16.2. The van der Waals surface area contributed by atoms with Crippen molar-refractivity contribution in [3.8, 4) is 0 Å². The maximum atomic E-state index is 13.9. The van der Waals surface area contributed by atoms with E-state index < -0.39 is 11.2 Å². The molecule has 2 aromatic rings. The summed E-state index contributed by atoms with van der Waals surface area (Å²) >= 11 is 0. The Morgan fingerprint density at radius 3 is 2.53 bits per heavy atom. The van der Waals surface area contributed by atoms with Gasteiger partial charge in [-0.05, 0) is 50.5 Å². The molecule has 9 nitrogen and oxygen atoms in total. The SMILES string of the molecule is CC(C)Cn1c(=O)[nH]c(=O)c2c(C(=O)N3CCCC(C(=O)NC4CCCCC4)C3)cc(C3CC3)nc21. The number of carbonyl (C=O) groups excluding carboxylic acids is 2. The molecule has 194 valence electrons. The first kappa shape index (κ1) is 24.7. The third-order valence-corrected chi connectivity index (χ3v) is 7.77. The number of likely N-dealkylation sites (tertiary alicyclic amines) is 1. The third kappa shape index (κ3) is 5.11. The molecule has 2 saturated carbocycles. The topological polar surface area (TPSA) is 117 Å². The monoisotopic (exact) mass is 495 g/mol. The van der Waals surface area contributed by atoms with E-state index in [1.807, 2.05) is 13.8 Å². The number of hydrogen-bond donors (Lipinski definition) is 2. The maximum absolute atomic E-state index is 13.9. The van der Waals surface area contributed by atoms with Gasteiger partial charge in [-0.1, -0.05) is 33.1 Å². The van der Waals surface area contributed by atoms with Crippen LogP contribution in [0.5, 0.6) is 0 Å². The molecule has 3 fully saturated rings. The zero-order valence-corrected chi connectivity index (χ0v) is 21.3. The lowest BCUT2D eigenvalue weighted by Crippen LogP contribution is -2.48. The van der Waals surface area contributed by atoms with Crippen molar-refractivity contribution < 1.29 is 9.59 Å². The molecule has 36 heavy (non-hydrogen) atoms. The summed E-state index contributed by atoms with van der Waals surface area (Å²) < 4.78 is 1.49. The first-order valence-corrected chi connectivity index (χ1v) is 13.6. The lowest BCUT2D eigenvalue weighted by atomic mass is 9.92. The molecule has 2 aliphatic carbocycles. The fourth-order valence-corrected chi connectivity index (χ4v) is 5.70. The van der Waals surface area contributed by atoms with E-state index in [4.69, 9.17) is 4.98 Å². The smallest absolute Gasteiger partial charge is 0.330 e. The van der Waals surface area contributed by atoms with Crippen molar-refractivity contribution in [2.75, 3.05) is 13.1 Å². The standard InChI is InChI=1S/C27H37N5O4/c1-16(2)14-32-23-22(25(34)30-27(32)36)20(13-21(29-23)17-10-11-17)26(35)31-12-6-7-18(15-31)24(33)28-19-8-4-3-5-9-19/h13,16-19H,3-12,14-15H2,1-2H3,(H,28,33)(H,30,34,36). The van der Waals surface area contributed by atoms with Gasteiger partial charge in [-0.15, -0.1) is 0 Å². The normalized spacial score (nSPS) is 21.2. The van der Waals surface area contributed by atoms with Crippen LogP contribution in [-0.4, -0.2) is 50.4 Å². The first-order chi connectivity index (χ1) is 17.3. The molecular weight excluding hydrogens is 458 g/mol. The fourth-order valence-electron chi connectivity index (χ4n) is 5.70. The van der Waals surface area contributed by atoms with Crippen LogP contribution in [0.2, 0.25) is 0 Å². The van der Waals surface area contributed by atoms with E-state index in [0.29, 0.717) is 19.6 Å². The minimum Gasteiger partial charge on any atom is -0.353 e. The summed E-state index contributed by atoms with van der Waals surface area (Å²) in [7, 11) is 0. The minimum atomic E-state index is -0.586. The second-order valence-corrected chi connectivity index (χ2v) is 11.3. The molecule has 0 aromatic carbocycles. The molecule has 9 heteroatoms. The predicted molar refractivity (Wildman–Crippen MR) is 137 cm³/mol. The number of H-pyrrole nitrogens is 1. The van der Waals surface area contributed by atoms with Crippen molar-refractivity contribution in [2.24, 2.45) is 11.8 Å². The average Bonchev–Trinajstić information content (AvgIpc) is 3.71. The van der Waals surface area contributed by atoms with Crippen molar-refractivity contribution in [2.45, 2.75) is 90.1 Å². The Bertz CT molecular complexity index is 1270. The zero-order valence-electron chi connectivity index (χ0n) is 21.3. The molecule has 3 heterocycles. The van der Waals surface area contributed by atoms with Gasteiger partial charge in [0.05, 0.1) is 16.9 Å². The summed E-state index contributed by atoms with van der Waals surface area (Å²) in [4.78, 5) is 61.4. The van der Waals surface area contributed by atoms with Gasteiger partial charge in [-0.3, -0.25) is 23.9 Å². The lowest BCUT2D eigenvalue weighted by Gasteiger charge is -2.33. The van der Waals surface area contributed by atoms with Crippen LogP contribution in [0, 0.1) is 11.8 Å². The number of nitrogens with zero attached hydrogens (tertiary/aromatic N) is 3. The molecule has 2 N–H and O–H groups in total. The summed E-state index contributed by atoms with van der Waals surface area (Å²) in [5, 5.41) is 3.38. The van der Waals surface area contributed by atoms with Gasteiger partial charge in [0.2, 0.25) is 5.91 Å². The molecule has 5 rings (SSSR count). The van der Waals surface area contributed by atoms with Crippen molar-refractivity contribution in [1.82, 2.24) is 24.8 Å². The predicted octanol–water partition coefficient (Wildman–Crippen LogP) is 2.92. The van der Waals surface area contributed by atoms with E-state index in [-0.39, 0.29) is 52.2 Å². The molecule has 0 radical (unpaired) electrons. The summed E-state index contributed by atoms with van der Waals surface area (Å²) in [5.74, 6) is -0.0786. The molecule has 1 aliphatic heterocycles. The number of rotatable bonds is 6. The van der Waals surface area contributed by atoms with Crippen LogP contribution in [0.1, 0.15) is 93.6 Å². The molecule has 3 aliphatic rings. The molecule has 0 spiro atoms. The van der Waals surface area contributed by atoms with Gasteiger partial charge in [0.25, 0.3) is 11.5 Å². The number of nitrogens with one attached hydrogen (secondary N) is 2. The zero-order chi connectivity index (χ0) is 25.4. The second kappa shape index (κ2) is 10.2. The minimum absolute atomic E-state index is 0.0290. The van der Waals surface area contributed by atoms with E-state index in [9.17, 15) is 19.2 Å². The van der Waals surface area contributed by atoms with E-state index in [0.717, 1.165) is 57.1 Å². The number of carbonyl (C=O) groups is 2. The molecule has 1 saturated heterocycles. The number of pyridine rings is 1. The van der Waals surface area contributed by atoms with Crippen LogP contribution in [-0.2, 0) is 11.3 Å². The van der Waals surface area contributed by atoms with E-state index in [1.165, 1.54) is 11.0 Å². The lowest BCUT2D eigenvalue weighted by molar-refractivity contribution is -0.127. The summed E-state index contributed by atoms with van der Waals surface area (Å²) in [6.07, 6.45) is 9.02. The van der Waals surface area contributed by atoms with Gasteiger partial charge in [0.15, 0.2) is 5.65 Å². The Morgan fingerprint density at radius 1 is 1.08 bits per heavy atom. The summed E-state index contributed by atoms with van der Waals surface area (Å²) in [5.41, 5.74) is 0.244. The van der Waals surface area contributed by atoms with Gasteiger partial charge in [-0.2, -0.15) is 0 Å². The first-order valence-electron chi connectivity index (χ1n) is 13.6. The van der Waals surface area contributed by atoms with Crippen LogP contribution in [0.25, 0.3) is 11.0 Å². The molecule has 2 amide bonds. The molecular formula is C27H37N5O4. The van der Waals surface area contributed by atoms with Crippen molar-refractivity contribution >= 4 is 22.8 Å². The highest BCUT2D eigenvalue weighted by Gasteiger charge is 2.33. The summed E-state index contributed by atoms with van der Waals surface area (Å²) in [6, 6.07) is 1.98. The number of amides is 2. The largest absolute Gasteiger partial charge is 0.353 e.